The molecule has 1 N–H and O–H groups in total. The lowest BCUT2D eigenvalue weighted by atomic mass is 10.2. The van der Waals surface area contributed by atoms with Gasteiger partial charge in [0.05, 0.1) is 26.5 Å². The van der Waals surface area contributed by atoms with Gasteiger partial charge in [-0.25, -0.2) is 4.98 Å². The van der Waals surface area contributed by atoms with E-state index in [2.05, 4.69) is 17.2 Å². The van der Waals surface area contributed by atoms with Gasteiger partial charge in [-0.1, -0.05) is 13.3 Å². The van der Waals surface area contributed by atoms with E-state index < -0.39 is 5.97 Å². The second-order valence-corrected chi connectivity index (χ2v) is 8.14. The highest BCUT2D eigenvalue weighted by Crippen LogP contribution is 2.33. The summed E-state index contributed by atoms with van der Waals surface area (Å²) >= 11 is 1.43. The molecule has 0 unspecified atom stereocenters. The van der Waals surface area contributed by atoms with Crippen molar-refractivity contribution in [3.8, 4) is 27.8 Å². The maximum Gasteiger partial charge on any atom is 0.325 e. The zero-order valence-corrected chi connectivity index (χ0v) is 20.3. The van der Waals surface area contributed by atoms with E-state index in [9.17, 15) is 9.59 Å². The molecule has 8 nitrogen and oxygen atoms in total. The molecule has 0 atom stereocenters. The molecule has 0 radical (unpaired) electrons. The van der Waals surface area contributed by atoms with Gasteiger partial charge >= 0.3 is 5.97 Å². The van der Waals surface area contributed by atoms with Gasteiger partial charge < -0.3 is 24.3 Å². The number of thiazole rings is 1. The number of nitrogens with one attached hydrogen (secondary N) is 1. The van der Waals surface area contributed by atoms with E-state index >= 15 is 0 Å². The number of carbonyl (C=O) groups excluding carboxylic acids is 2. The maximum atomic E-state index is 12.3. The summed E-state index contributed by atoms with van der Waals surface area (Å²) in [5.41, 5.74) is 1.93. The number of hydrogen-bond acceptors (Lipinski definition) is 8. The topological polar surface area (TPSA) is 96.0 Å². The fraction of sp³-hybridized carbons (Fsp3) is 0.320. The lowest BCUT2D eigenvalue weighted by Gasteiger charge is -2.08. The summed E-state index contributed by atoms with van der Waals surface area (Å²) in [6.07, 6.45) is 2.03. The van der Waals surface area contributed by atoms with Gasteiger partial charge in [-0.3, -0.25) is 9.59 Å². The van der Waals surface area contributed by atoms with Crippen molar-refractivity contribution in [2.45, 2.75) is 26.4 Å². The second-order valence-electron chi connectivity index (χ2n) is 7.28. The van der Waals surface area contributed by atoms with Crippen LogP contribution in [-0.4, -0.2) is 44.2 Å². The quantitative estimate of drug-likeness (QED) is 0.299. The Kier molecular flexibility index (Phi) is 9.28. The minimum Gasteiger partial charge on any atom is -0.494 e. The van der Waals surface area contributed by atoms with Crippen LogP contribution in [0.1, 0.15) is 35.8 Å². The van der Waals surface area contributed by atoms with E-state index in [1.165, 1.54) is 11.3 Å². The molecule has 180 valence electrons. The van der Waals surface area contributed by atoms with Crippen molar-refractivity contribution < 1.29 is 28.5 Å². The molecule has 3 rings (SSSR count). The van der Waals surface area contributed by atoms with Crippen molar-refractivity contribution in [2.75, 3.05) is 27.4 Å². The Morgan fingerprint density at radius 3 is 2.50 bits per heavy atom. The van der Waals surface area contributed by atoms with Crippen LogP contribution in [0.2, 0.25) is 0 Å². The van der Waals surface area contributed by atoms with Crippen LogP contribution >= 0.6 is 11.3 Å². The molecule has 0 spiro atoms. The minimum atomic E-state index is -0.548. The first-order valence-electron chi connectivity index (χ1n) is 10.9. The molecule has 3 aromatic rings. The highest BCUT2D eigenvalue weighted by molar-refractivity contribution is 7.13. The van der Waals surface area contributed by atoms with Gasteiger partial charge in [0.15, 0.2) is 11.5 Å². The van der Waals surface area contributed by atoms with Crippen LogP contribution in [0.3, 0.4) is 0 Å². The van der Waals surface area contributed by atoms with Crippen molar-refractivity contribution in [2.24, 2.45) is 0 Å². The number of esters is 1. The van der Waals surface area contributed by atoms with Crippen molar-refractivity contribution in [1.29, 1.82) is 0 Å². The van der Waals surface area contributed by atoms with Gasteiger partial charge in [0.2, 0.25) is 0 Å². The Morgan fingerprint density at radius 1 is 1.03 bits per heavy atom. The first kappa shape index (κ1) is 25.0. The minimum absolute atomic E-state index is 0.0162. The lowest BCUT2D eigenvalue weighted by molar-refractivity contribution is -0.143. The van der Waals surface area contributed by atoms with E-state index in [1.54, 1.807) is 38.5 Å². The number of aromatic nitrogens is 1. The van der Waals surface area contributed by atoms with Crippen LogP contribution in [0.15, 0.2) is 47.8 Å². The second kappa shape index (κ2) is 12.6. The third-order valence-electron chi connectivity index (χ3n) is 4.84. The van der Waals surface area contributed by atoms with Gasteiger partial charge in [0.1, 0.15) is 23.9 Å². The summed E-state index contributed by atoms with van der Waals surface area (Å²) in [4.78, 5) is 28.8. The molecule has 1 amide bonds. The molecule has 0 fully saturated rings. The van der Waals surface area contributed by atoms with E-state index in [-0.39, 0.29) is 19.1 Å². The molecule has 0 aliphatic carbocycles. The van der Waals surface area contributed by atoms with Crippen LogP contribution in [-0.2, 0) is 16.1 Å². The van der Waals surface area contributed by atoms with Gasteiger partial charge in [-0.05, 0) is 48.9 Å². The smallest absolute Gasteiger partial charge is 0.325 e. The molecule has 0 bridgehead atoms. The highest BCUT2D eigenvalue weighted by atomic mass is 32.1. The average molecular weight is 485 g/mol. The van der Waals surface area contributed by atoms with Crippen molar-refractivity contribution in [3.05, 3.63) is 59.1 Å². The fourth-order valence-corrected chi connectivity index (χ4v) is 3.77. The number of hydrogen-bond donors (Lipinski definition) is 1. The molecule has 0 aliphatic heterocycles. The zero-order valence-electron chi connectivity index (χ0n) is 19.5. The van der Waals surface area contributed by atoms with Crippen LogP contribution in [0.4, 0.5) is 0 Å². The third kappa shape index (κ3) is 6.95. The Labute approximate surface area is 202 Å². The molecule has 0 saturated heterocycles. The van der Waals surface area contributed by atoms with E-state index in [0.717, 1.165) is 23.4 Å². The largest absolute Gasteiger partial charge is 0.494 e. The van der Waals surface area contributed by atoms with Crippen molar-refractivity contribution >= 4 is 23.2 Å². The third-order valence-corrected chi connectivity index (χ3v) is 5.78. The van der Waals surface area contributed by atoms with E-state index in [1.807, 2.05) is 23.6 Å². The standard InChI is InChI=1S/C25H28N2O6S/c1-4-5-12-32-20-9-6-17(7-10-20)24(29)26-14-23(28)33-15-19-16-34-25(27-19)18-8-11-21(30-2)22(13-18)31-3/h6-11,13,16H,4-5,12,14-15H2,1-3H3,(H,26,29). The van der Waals surface area contributed by atoms with Crippen LogP contribution in [0, 0.1) is 0 Å². The average Bonchev–Trinajstić information content (AvgIpc) is 3.35. The van der Waals surface area contributed by atoms with Crippen molar-refractivity contribution in [3.63, 3.8) is 0 Å². The summed E-state index contributed by atoms with van der Waals surface area (Å²) in [6.45, 7) is 2.52. The van der Waals surface area contributed by atoms with Gasteiger partial charge in [-0.2, -0.15) is 0 Å². The number of benzene rings is 2. The molecule has 1 aromatic heterocycles. The first-order valence-corrected chi connectivity index (χ1v) is 11.8. The lowest BCUT2D eigenvalue weighted by Crippen LogP contribution is -2.30. The van der Waals surface area contributed by atoms with E-state index in [4.69, 9.17) is 18.9 Å². The van der Waals surface area contributed by atoms with E-state index in [0.29, 0.717) is 35.1 Å². The normalized spacial score (nSPS) is 10.4. The molecule has 0 saturated carbocycles. The van der Waals surface area contributed by atoms with Gasteiger partial charge in [0.25, 0.3) is 5.91 Å². The molecule has 34 heavy (non-hydrogen) atoms. The fourth-order valence-electron chi connectivity index (χ4n) is 2.97. The van der Waals surface area contributed by atoms with Crippen molar-refractivity contribution in [1.82, 2.24) is 10.3 Å². The Morgan fingerprint density at radius 2 is 1.79 bits per heavy atom. The molecule has 1 heterocycles. The summed E-state index contributed by atoms with van der Waals surface area (Å²) < 4.78 is 21.4. The Balaban J connectivity index is 1.46. The molecular weight excluding hydrogens is 456 g/mol. The predicted octanol–water partition coefficient (Wildman–Crippen LogP) is 4.48. The summed E-state index contributed by atoms with van der Waals surface area (Å²) in [6, 6.07) is 12.3. The van der Waals surface area contributed by atoms with Crippen LogP contribution in [0.5, 0.6) is 17.2 Å². The van der Waals surface area contributed by atoms with Gasteiger partial charge in [-0.15, -0.1) is 11.3 Å². The number of nitrogens with zero attached hydrogens (tertiary/aromatic N) is 1. The Bertz CT molecular complexity index is 1100. The summed E-state index contributed by atoms with van der Waals surface area (Å²) in [7, 11) is 3.15. The molecular formula is C25H28N2O6S. The monoisotopic (exact) mass is 484 g/mol. The van der Waals surface area contributed by atoms with Crippen LogP contribution < -0.4 is 19.5 Å². The summed E-state index contributed by atoms with van der Waals surface area (Å²) in [5.74, 6) is 1.04. The predicted molar refractivity (Wildman–Crippen MR) is 130 cm³/mol. The number of unbranched alkanes of at least 4 members (excludes halogenated alkanes) is 1. The molecule has 2 aromatic carbocycles. The molecule has 0 aliphatic rings. The summed E-state index contributed by atoms with van der Waals surface area (Å²) in [5, 5.41) is 5.15. The molecule has 9 heteroatoms. The number of amides is 1. The first-order chi connectivity index (χ1) is 16.5. The number of rotatable bonds is 12. The zero-order chi connectivity index (χ0) is 24.3. The maximum absolute atomic E-state index is 12.3. The number of methoxy groups -OCH3 is 2. The highest BCUT2D eigenvalue weighted by Gasteiger charge is 2.12. The number of ether oxygens (including phenoxy) is 4. The SMILES string of the molecule is CCCCOc1ccc(C(=O)NCC(=O)OCc2csc(-c3ccc(OC)c(OC)c3)n2)cc1. The van der Waals surface area contributed by atoms with Crippen LogP contribution in [0.25, 0.3) is 10.6 Å². The van der Waals surface area contributed by atoms with Gasteiger partial charge in [0, 0.05) is 16.5 Å². The number of carbonyl (C=O) groups is 2. The Hall–Kier alpha value is -3.59.